The largest absolute Gasteiger partial charge is 0.293 e. The van der Waals surface area contributed by atoms with Gasteiger partial charge in [0.05, 0.1) is 5.25 Å². The Morgan fingerprint density at radius 3 is 2.75 bits per heavy atom. The molecule has 0 amide bonds. The molecule has 2 aromatic rings. The summed E-state index contributed by atoms with van der Waals surface area (Å²) in [5, 5.41) is 7.53. The van der Waals surface area contributed by atoms with Gasteiger partial charge in [-0.05, 0) is 6.92 Å². The molecule has 16 heavy (non-hydrogen) atoms. The third-order valence-corrected chi connectivity index (χ3v) is 3.96. The van der Waals surface area contributed by atoms with E-state index in [0.717, 1.165) is 9.90 Å². The molecule has 0 aliphatic carbocycles. The lowest BCUT2D eigenvalue weighted by atomic mass is 10.1. The van der Waals surface area contributed by atoms with Gasteiger partial charge in [-0.25, -0.2) is 0 Å². The van der Waals surface area contributed by atoms with E-state index in [4.69, 9.17) is 0 Å². The fraction of sp³-hybridized carbons (Fsp3) is 0.182. The van der Waals surface area contributed by atoms with Crippen LogP contribution in [0.3, 0.4) is 0 Å². The number of carbonyl (C=O) groups excluding carboxylic acids is 1. The topological polar surface area (TPSA) is 42.9 Å². The maximum absolute atomic E-state index is 12.0. The van der Waals surface area contributed by atoms with Crippen molar-refractivity contribution >= 4 is 28.9 Å². The third-order valence-electron chi connectivity index (χ3n) is 2.05. The zero-order chi connectivity index (χ0) is 11.4. The molecular weight excluding hydrogens is 240 g/mol. The lowest BCUT2D eigenvalue weighted by Crippen LogP contribution is -2.13. The van der Waals surface area contributed by atoms with Crippen LogP contribution >= 0.6 is 23.1 Å². The van der Waals surface area contributed by atoms with Crippen molar-refractivity contribution in [1.29, 1.82) is 0 Å². The van der Waals surface area contributed by atoms with Gasteiger partial charge in [-0.2, -0.15) is 0 Å². The van der Waals surface area contributed by atoms with Gasteiger partial charge in [0.1, 0.15) is 5.51 Å². The molecule has 82 valence electrons. The molecule has 0 aliphatic rings. The molecule has 2 rings (SSSR count). The number of hydrogen-bond donors (Lipinski definition) is 0. The number of nitrogens with zero attached hydrogens (tertiary/aromatic N) is 2. The van der Waals surface area contributed by atoms with Crippen LogP contribution in [0.15, 0.2) is 40.2 Å². The third kappa shape index (κ3) is 2.68. The molecule has 0 aliphatic heterocycles. The first-order chi connectivity index (χ1) is 7.77. The Labute approximate surface area is 102 Å². The molecule has 0 bridgehead atoms. The van der Waals surface area contributed by atoms with Gasteiger partial charge in [0.15, 0.2) is 10.1 Å². The SMILES string of the molecule is CC(Sc1nncs1)C(=O)c1ccccc1. The van der Waals surface area contributed by atoms with E-state index in [1.54, 1.807) is 5.51 Å². The summed E-state index contributed by atoms with van der Waals surface area (Å²) in [7, 11) is 0. The Morgan fingerprint density at radius 1 is 1.38 bits per heavy atom. The first kappa shape index (κ1) is 11.3. The second-order valence-electron chi connectivity index (χ2n) is 3.19. The zero-order valence-corrected chi connectivity index (χ0v) is 10.3. The van der Waals surface area contributed by atoms with Crippen LogP contribution in [0, 0.1) is 0 Å². The summed E-state index contributed by atoms with van der Waals surface area (Å²) in [5.74, 6) is 0.126. The first-order valence-corrected chi connectivity index (χ1v) is 6.55. The predicted molar refractivity (Wildman–Crippen MR) is 66.0 cm³/mol. The number of aromatic nitrogens is 2. The van der Waals surface area contributed by atoms with Gasteiger partial charge in [-0.15, -0.1) is 10.2 Å². The van der Waals surface area contributed by atoms with Crippen LogP contribution < -0.4 is 0 Å². The lowest BCUT2D eigenvalue weighted by molar-refractivity contribution is 0.0994. The predicted octanol–water partition coefficient (Wildman–Crippen LogP) is 2.90. The second kappa shape index (κ2) is 5.23. The van der Waals surface area contributed by atoms with Gasteiger partial charge in [0.2, 0.25) is 0 Å². The maximum Gasteiger partial charge on any atom is 0.175 e. The highest BCUT2D eigenvalue weighted by molar-refractivity contribution is 8.02. The Balaban J connectivity index is 2.05. The smallest absolute Gasteiger partial charge is 0.175 e. The Hall–Kier alpha value is -1.20. The summed E-state index contributed by atoms with van der Waals surface area (Å²) >= 11 is 2.90. The van der Waals surface area contributed by atoms with Crippen LogP contribution in [0.1, 0.15) is 17.3 Å². The number of thioether (sulfide) groups is 1. The fourth-order valence-electron chi connectivity index (χ4n) is 1.26. The maximum atomic E-state index is 12.0. The normalized spacial score (nSPS) is 12.3. The zero-order valence-electron chi connectivity index (χ0n) is 8.66. The van der Waals surface area contributed by atoms with Crippen LogP contribution in [0.4, 0.5) is 0 Å². The van der Waals surface area contributed by atoms with Crippen molar-refractivity contribution in [2.45, 2.75) is 16.5 Å². The quantitative estimate of drug-likeness (QED) is 0.618. The molecule has 0 saturated carbocycles. The monoisotopic (exact) mass is 250 g/mol. The summed E-state index contributed by atoms with van der Waals surface area (Å²) in [5.41, 5.74) is 2.41. The van der Waals surface area contributed by atoms with Crippen molar-refractivity contribution in [2.24, 2.45) is 0 Å². The van der Waals surface area contributed by atoms with E-state index in [9.17, 15) is 4.79 Å². The average Bonchev–Trinajstić information content (AvgIpc) is 2.82. The minimum absolute atomic E-state index is 0.126. The molecule has 1 heterocycles. The van der Waals surface area contributed by atoms with Crippen LogP contribution in [-0.2, 0) is 0 Å². The number of ketones is 1. The van der Waals surface area contributed by atoms with E-state index in [0.29, 0.717) is 0 Å². The van der Waals surface area contributed by atoms with E-state index < -0.39 is 0 Å². The number of benzene rings is 1. The highest BCUT2D eigenvalue weighted by Gasteiger charge is 2.17. The minimum atomic E-state index is -0.129. The van der Waals surface area contributed by atoms with Gasteiger partial charge in [0, 0.05) is 5.56 Å². The fourth-order valence-corrected chi connectivity index (χ4v) is 2.96. The lowest BCUT2D eigenvalue weighted by Gasteiger charge is -2.07. The Morgan fingerprint density at radius 2 is 2.12 bits per heavy atom. The second-order valence-corrected chi connectivity index (χ2v) is 5.62. The molecule has 3 nitrogen and oxygen atoms in total. The van der Waals surface area contributed by atoms with Gasteiger partial charge in [0.25, 0.3) is 0 Å². The van der Waals surface area contributed by atoms with Gasteiger partial charge < -0.3 is 0 Å². The van der Waals surface area contributed by atoms with E-state index >= 15 is 0 Å². The number of carbonyl (C=O) groups is 1. The number of hydrogen-bond acceptors (Lipinski definition) is 5. The van der Waals surface area contributed by atoms with Crippen molar-refractivity contribution in [1.82, 2.24) is 10.2 Å². The van der Waals surface area contributed by atoms with E-state index in [2.05, 4.69) is 10.2 Å². The molecule has 0 saturated heterocycles. The van der Waals surface area contributed by atoms with Crippen LogP contribution in [0.2, 0.25) is 0 Å². The number of Topliss-reactive ketones (excluding diaryl/α,β-unsaturated/α-hetero) is 1. The van der Waals surface area contributed by atoms with E-state index in [1.807, 2.05) is 37.3 Å². The van der Waals surface area contributed by atoms with E-state index in [-0.39, 0.29) is 11.0 Å². The summed E-state index contributed by atoms with van der Waals surface area (Å²) in [6.07, 6.45) is 0. The molecule has 0 radical (unpaired) electrons. The van der Waals surface area contributed by atoms with Crippen molar-refractivity contribution in [3.05, 3.63) is 41.4 Å². The summed E-state index contributed by atoms with van der Waals surface area (Å²) in [6.45, 7) is 1.89. The minimum Gasteiger partial charge on any atom is -0.293 e. The molecule has 0 spiro atoms. The highest BCUT2D eigenvalue weighted by atomic mass is 32.2. The van der Waals surface area contributed by atoms with E-state index in [1.165, 1.54) is 23.1 Å². The molecule has 1 unspecified atom stereocenters. The number of rotatable bonds is 4. The standard InChI is InChI=1S/C11H10N2OS2/c1-8(16-11-13-12-7-15-11)10(14)9-5-3-2-4-6-9/h2-8H,1H3. The molecule has 0 fully saturated rings. The Bertz CT molecular complexity index is 456. The van der Waals surface area contributed by atoms with Crippen LogP contribution in [-0.4, -0.2) is 21.2 Å². The summed E-state index contributed by atoms with van der Waals surface area (Å²) < 4.78 is 0.830. The van der Waals surface area contributed by atoms with Crippen LogP contribution in [0.25, 0.3) is 0 Å². The van der Waals surface area contributed by atoms with Gasteiger partial charge in [-0.1, -0.05) is 53.4 Å². The molecular formula is C11H10N2OS2. The van der Waals surface area contributed by atoms with Crippen molar-refractivity contribution in [3.63, 3.8) is 0 Å². The highest BCUT2D eigenvalue weighted by Crippen LogP contribution is 2.26. The van der Waals surface area contributed by atoms with Crippen molar-refractivity contribution in [2.75, 3.05) is 0 Å². The van der Waals surface area contributed by atoms with Gasteiger partial charge in [-0.3, -0.25) is 4.79 Å². The molecule has 1 aromatic heterocycles. The van der Waals surface area contributed by atoms with Crippen molar-refractivity contribution < 1.29 is 4.79 Å². The van der Waals surface area contributed by atoms with Crippen LogP contribution in [0.5, 0.6) is 0 Å². The average molecular weight is 250 g/mol. The molecule has 0 N–H and O–H groups in total. The molecule has 1 aromatic carbocycles. The summed E-state index contributed by atoms with van der Waals surface area (Å²) in [6, 6.07) is 9.31. The summed E-state index contributed by atoms with van der Waals surface area (Å²) in [4.78, 5) is 12.0. The first-order valence-electron chi connectivity index (χ1n) is 4.79. The molecule has 1 atom stereocenters. The van der Waals surface area contributed by atoms with Crippen molar-refractivity contribution in [3.8, 4) is 0 Å². The Kier molecular flexibility index (Phi) is 3.69. The molecule has 5 heteroatoms. The van der Waals surface area contributed by atoms with Gasteiger partial charge >= 0.3 is 0 Å².